The van der Waals surface area contributed by atoms with Crippen LogP contribution in [0.1, 0.15) is 26.2 Å². The molecule has 5 nitrogen and oxygen atoms in total. The van der Waals surface area contributed by atoms with Crippen LogP contribution < -0.4 is 0 Å². The summed E-state index contributed by atoms with van der Waals surface area (Å²) in [5.41, 5.74) is -0.702. The summed E-state index contributed by atoms with van der Waals surface area (Å²) in [5, 5.41) is 17.7. The molecule has 2 N–H and O–H groups in total. The van der Waals surface area contributed by atoms with Crippen molar-refractivity contribution in [2.45, 2.75) is 26.2 Å². The van der Waals surface area contributed by atoms with Crippen LogP contribution in [0.5, 0.6) is 0 Å². The van der Waals surface area contributed by atoms with Gasteiger partial charge < -0.3 is 15.1 Å². The van der Waals surface area contributed by atoms with Gasteiger partial charge in [0.05, 0.1) is 5.41 Å². The normalized spacial score (nSPS) is 20.5. The van der Waals surface area contributed by atoms with Gasteiger partial charge in [-0.3, -0.25) is 4.79 Å². The number of aliphatic carboxylic acids is 1. The summed E-state index contributed by atoms with van der Waals surface area (Å²) in [6.45, 7) is 2.50. The number of nitrogens with zero attached hydrogens (tertiary/aromatic N) is 1. The minimum absolute atomic E-state index is 0.329. The molecule has 5 heteroatoms. The summed E-state index contributed by atoms with van der Waals surface area (Å²) in [6, 6.07) is 0. The molecule has 0 aromatic carbocycles. The van der Waals surface area contributed by atoms with Gasteiger partial charge in [0.2, 0.25) is 0 Å². The first-order chi connectivity index (χ1) is 6.52. The molecule has 0 aromatic rings. The van der Waals surface area contributed by atoms with E-state index in [2.05, 4.69) is 0 Å². The average Bonchev–Trinajstić information content (AvgIpc) is 2.17. The van der Waals surface area contributed by atoms with Crippen LogP contribution in [-0.4, -0.2) is 40.3 Å². The maximum absolute atomic E-state index is 11.0. The van der Waals surface area contributed by atoms with Crippen molar-refractivity contribution in [3.8, 4) is 0 Å². The summed E-state index contributed by atoms with van der Waals surface area (Å²) in [7, 11) is 0. The molecule has 1 aliphatic rings. The van der Waals surface area contributed by atoms with E-state index in [0.717, 1.165) is 0 Å². The van der Waals surface area contributed by atoms with Crippen molar-refractivity contribution < 1.29 is 19.8 Å². The van der Waals surface area contributed by atoms with Crippen LogP contribution in [0.25, 0.3) is 0 Å². The van der Waals surface area contributed by atoms with Crippen molar-refractivity contribution in [1.29, 1.82) is 0 Å². The Morgan fingerprint density at radius 3 is 2.07 bits per heavy atom. The first-order valence-corrected chi connectivity index (χ1v) is 4.73. The van der Waals surface area contributed by atoms with Gasteiger partial charge in [0.15, 0.2) is 0 Å². The van der Waals surface area contributed by atoms with Crippen LogP contribution in [-0.2, 0) is 4.79 Å². The highest BCUT2D eigenvalue weighted by Crippen LogP contribution is 2.34. The van der Waals surface area contributed by atoms with Crippen LogP contribution in [0.15, 0.2) is 0 Å². The molecule has 0 aromatic heterocycles. The second-order valence-electron chi connectivity index (χ2n) is 3.71. The van der Waals surface area contributed by atoms with Gasteiger partial charge in [0, 0.05) is 13.1 Å². The zero-order valence-electron chi connectivity index (χ0n) is 8.19. The first kappa shape index (κ1) is 10.8. The van der Waals surface area contributed by atoms with E-state index in [4.69, 9.17) is 10.2 Å². The number of hydrogen-bond acceptors (Lipinski definition) is 2. The van der Waals surface area contributed by atoms with Crippen molar-refractivity contribution in [2.24, 2.45) is 5.41 Å². The number of carboxylic acid groups (broad SMARTS) is 2. The molecular weight excluding hydrogens is 186 g/mol. The number of carboxylic acids is 1. The van der Waals surface area contributed by atoms with Crippen LogP contribution >= 0.6 is 0 Å². The number of carbonyl (C=O) groups is 2. The Labute approximate surface area is 82.3 Å². The third-order valence-corrected chi connectivity index (χ3v) is 3.12. The minimum atomic E-state index is -0.958. The number of rotatable bonds is 2. The SMILES string of the molecule is CCC1(C(=O)O)CCN(C(=O)O)CC1. The molecule has 1 heterocycles. The van der Waals surface area contributed by atoms with E-state index in [1.165, 1.54) is 4.90 Å². The second kappa shape index (κ2) is 3.86. The third-order valence-electron chi connectivity index (χ3n) is 3.12. The van der Waals surface area contributed by atoms with Gasteiger partial charge in [0.25, 0.3) is 0 Å². The fourth-order valence-electron chi connectivity index (χ4n) is 1.84. The Balaban J connectivity index is 2.64. The zero-order valence-corrected chi connectivity index (χ0v) is 8.19. The standard InChI is InChI=1S/C9H15NO4/c1-2-9(7(11)12)3-5-10(6-4-9)8(13)14/h2-6H2,1H3,(H,11,12)(H,13,14). The van der Waals surface area contributed by atoms with Gasteiger partial charge in [-0.05, 0) is 19.3 Å². The van der Waals surface area contributed by atoms with Crippen LogP contribution in [0.4, 0.5) is 4.79 Å². The number of amides is 1. The Morgan fingerprint density at radius 1 is 1.29 bits per heavy atom. The van der Waals surface area contributed by atoms with Crippen molar-refractivity contribution in [3.63, 3.8) is 0 Å². The molecule has 0 spiro atoms. The Morgan fingerprint density at radius 2 is 1.79 bits per heavy atom. The zero-order chi connectivity index (χ0) is 10.8. The van der Waals surface area contributed by atoms with Crippen molar-refractivity contribution in [2.75, 3.05) is 13.1 Å². The van der Waals surface area contributed by atoms with Crippen LogP contribution in [0.3, 0.4) is 0 Å². The summed E-state index contributed by atoms with van der Waals surface area (Å²) in [4.78, 5) is 22.9. The van der Waals surface area contributed by atoms with E-state index in [1.807, 2.05) is 6.92 Å². The lowest BCUT2D eigenvalue weighted by molar-refractivity contribution is -0.152. The first-order valence-electron chi connectivity index (χ1n) is 4.73. The third kappa shape index (κ3) is 1.81. The second-order valence-corrected chi connectivity index (χ2v) is 3.71. The van der Waals surface area contributed by atoms with E-state index >= 15 is 0 Å². The molecule has 1 amide bonds. The molecule has 0 bridgehead atoms. The number of hydrogen-bond donors (Lipinski definition) is 2. The molecule has 1 rings (SSSR count). The maximum Gasteiger partial charge on any atom is 0.407 e. The topological polar surface area (TPSA) is 77.8 Å². The highest BCUT2D eigenvalue weighted by Gasteiger charge is 2.40. The lowest BCUT2D eigenvalue weighted by Gasteiger charge is -2.36. The smallest absolute Gasteiger partial charge is 0.407 e. The molecule has 0 aliphatic carbocycles. The molecule has 1 saturated heterocycles. The van der Waals surface area contributed by atoms with E-state index in [1.54, 1.807) is 0 Å². The van der Waals surface area contributed by atoms with Crippen molar-refractivity contribution in [1.82, 2.24) is 4.90 Å². The summed E-state index contributed by atoms with van der Waals surface area (Å²) in [5.74, 6) is -0.801. The molecule has 0 saturated carbocycles. The predicted octanol–water partition coefficient (Wildman–Crippen LogP) is 1.24. The predicted molar refractivity (Wildman–Crippen MR) is 49.2 cm³/mol. The summed E-state index contributed by atoms with van der Waals surface area (Å²) < 4.78 is 0. The fourth-order valence-corrected chi connectivity index (χ4v) is 1.84. The van der Waals surface area contributed by atoms with Gasteiger partial charge in [-0.2, -0.15) is 0 Å². The maximum atomic E-state index is 11.0. The van der Waals surface area contributed by atoms with E-state index < -0.39 is 17.5 Å². The van der Waals surface area contributed by atoms with Crippen molar-refractivity contribution >= 4 is 12.1 Å². The lowest BCUT2D eigenvalue weighted by atomic mass is 9.76. The highest BCUT2D eigenvalue weighted by molar-refractivity contribution is 5.75. The van der Waals surface area contributed by atoms with Gasteiger partial charge in [-0.25, -0.2) is 4.79 Å². The van der Waals surface area contributed by atoms with Gasteiger partial charge in [-0.15, -0.1) is 0 Å². The van der Waals surface area contributed by atoms with E-state index in [-0.39, 0.29) is 0 Å². The lowest BCUT2D eigenvalue weighted by Crippen LogP contribution is -2.45. The molecule has 1 aliphatic heterocycles. The molecule has 80 valence electrons. The van der Waals surface area contributed by atoms with E-state index in [0.29, 0.717) is 32.4 Å². The summed E-state index contributed by atoms with van der Waals surface area (Å²) in [6.07, 6.45) is 0.451. The quantitative estimate of drug-likeness (QED) is 0.704. The highest BCUT2D eigenvalue weighted by atomic mass is 16.4. The summed E-state index contributed by atoms with van der Waals surface area (Å²) >= 11 is 0. The van der Waals surface area contributed by atoms with E-state index in [9.17, 15) is 9.59 Å². The number of piperidine rings is 1. The monoisotopic (exact) mass is 201 g/mol. The molecular formula is C9H15NO4. The fraction of sp³-hybridized carbons (Fsp3) is 0.778. The average molecular weight is 201 g/mol. The van der Waals surface area contributed by atoms with Crippen LogP contribution in [0.2, 0.25) is 0 Å². The minimum Gasteiger partial charge on any atom is -0.481 e. The molecule has 14 heavy (non-hydrogen) atoms. The molecule has 0 radical (unpaired) electrons. The van der Waals surface area contributed by atoms with Crippen molar-refractivity contribution in [3.05, 3.63) is 0 Å². The Hall–Kier alpha value is -1.26. The molecule has 1 fully saturated rings. The van der Waals surface area contributed by atoms with Gasteiger partial charge in [-0.1, -0.05) is 6.92 Å². The largest absolute Gasteiger partial charge is 0.481 e. The van der Waals surface area contributed by atoms with Gasteiger partial charge in [0.1, 0.15) is 0 Å². The van der Waals surface area contributed by atoms with Gasteiger partial charge >= 0.3 is 12.1 Å². The molecule has 0 unspecified atom stereocenters. The molecule has 0 atom stereocenters. The van der Waals surface area contributed by atoms with Crippen LogP contribution in [0, 0.1) is 5.41 Å². The Kier molecular flexibility index (Phi) is 2.98. The Bertz CT molecular complexity index is 243. The number of likely N-dealkylation sites (tertiary alicyclic amines) is 1.